The SMILES string of the molecule is CC(C)(C)OC(=O)NC/C(=C\F)CBr.CCN=C=O.CCNC(=O)Nc1ccc(O)cc1.CCNC(=O)Nc1ccc(OC/C(=C/F)CN)cc1.CCNC(=O)Nc1ccc(OC/C(=C/F)CNB(C)O)cc1.Cl.Nc1ccc(O)cc1. The van der Waals surface area contributed by atoms with E-state index in [4.69, 9.17) is 45.7 Å². The predicted octanol–water partition coefficient (Wildman–Crippen LogP) is 9.81. The van der Waals surface area contributed by atoms with Crippen LogP contribution >= 0.6 is 28.3 Å². The van der Waals surface area contributed by atoms with Gasteiger partial charge in [-0.05, 0) is 158 Å². The Morgan fingerprint density at radius 2 is 1.02 bits per heavy atom. The topological polar surface area (TPSA) is 334 Å². The number of carbonyl (C=O) groups is 4. The molecule has 0 aromatic heterocycles. The number of rotatable bonds is 20. The molecular weight excluding hydrogens is 1160 g/mol. The van der Waals surface area contributed by atoms with Crippen molar-refractivity contribution in [1.82, 2.24) is 26.5 Å². The van der Waals surface area contributed by atoms with E-state index in [1.54, 1.807) is 119 Å². The van der Waals surface area contributed by atoms with Gasteiger partial charge in [-0.2, -0.15) is 0 Å². The van der Waals surface area contributed by atoms with Crippen molar-refractivity contribution in [1.29, 1.82) is 0 Å². The van der Waals surface area contributed by atoms with Gasteiger partial charge in [-0.15, -0.1) is 12.4 Å². The molecular formula is C54H79BBrClF3N11O11. The van der Waals surface area contributed by atoms with E-state index in [2.05, 4.69) is 63.4 Å². The average Bonchev–Trinajstić information content (AvgIpc) is 3.42. The Bertz CT molecular complexity index is 2490. The van der Waals surface area contributed by atoms with Gasteiger partial charge in [0.2, 0.25) is 6.08 Å². The lowest BCUT2D eigenvalue weighted by atomic mass is 9.89. The van der Waals surface area contributed by atoms with Crippen LogP contribution in [-0.2, 0) is 9.53 Å². The molecule has 0 saturated carbocycles. The van der Waals surface area contributed by atoms with Crippen molar-refractivity contribution in [2.24, 2.45) is 10.7 Å². The number of ether oxygens (including phenoxy) is 3. The summed E-state index contributed by atoms with van der Waals surface area (Å²) < 4.78 is 52.7. The number of benzene rings is 4. The molecule has 28 heteroatoms. The molecule has 7 amide bonds. The van der Waals surface area contributed by atoms with E-state index in [1.807, 2.05) is 20.8 Å². The van der Waals surface area contributed by atoms with Gasteiger partial charge in [-0.3, -0.25) is 0 Å². The number of aromatic hydroxyl groups is 2. The van der Waals surface area contributed by atoms with Crippen LogP contribution < -0.4 is 63.4 Å². The van der Waals surface area contributed by atoms with E-state index in [1.165, 1.54) is 18.2 Å². The molecule has 0 spiro atoms. The molecule has 4 aromatic carbocycles. The maximum atomic E-state index is 12.7. The number of nitrogens with one attached hydrogen (secondary N) is 8. The summed E-state index contributed by atoms with van der Waals surface area (Å²) in [6.45, 7) is 17.0. The Balaban J connectivity index is -0.000000954. The van der Waals surface area contributed by atoms with Crippen LogP contribution in [-0.4, -0.2) is 123 Å². The highest BCUT2D eigenvalue weighted by molar-refractivity contribution is 9.09. The van der Waals surface area contributed by atoms with Crippen LogP contribution in [0.2, 0.25) is 6.82 Å². The molecule has 0 heterocycles. The molecule has 0 bridgehead atoms. The van der Waals surface area contributed by atoms with E-state index in [9.17, 15) is 32.3 Å². The fourth-order valence-corrected chi connectivity index (χ4v) is 5.18. The average molecular weight is 1240 g/mol. The number of aliphatic imine (C=N–C) groups is 1. The monoisotopic (exact) mass is 1240 g/mol. The van der Waals surface area contributed by atoms with Crippen molar-refractivity contribution >= 4 is 88.4 Å². The van der Waals surface area contributed by atoms with Crippen LogP contribution in [0.3, 0.4) is 0 Å². The summed E-state index contributed by atoms with van der Waals surface area (Å²) in [5, 5.41) is 48.0. The summed E-state index contributed by atoms with van der Waals surface area (Å²) in [6, 6.07) is 25.4. The van der Waals surface area contributed by atoms with Gasteiger partial charge in [-0.1, -0.05) is 15.9 Å². The second-order valence-electron chi connectivity index (χ2n) is 16.8. The number of nitrogens with zero attached hydrogens (tertiary/aromatic N) is 1. The van der Waals surface area contributed by atoms with E-state index >= 15 is 0 Å². The number of alkyl carbamates (subject to hydrolysis) is 1. The van der Waals surface area contributed by atoms with Gasteiger partial charge < -0.3 is 83.4 Å². The second kappa shape index (κ2) is 48.9. The predicted molar refractivity (Wildman–Crippen MR) is 325 cm³/mol. The number of phenols is 2. The number of amides is 7. The van der Waals surface area contributed by atoms with Gasteiger partial charge in [0.1, 0.15) is 41.8 Å². The third kappa shape index (κ3) is 44.9. The lowest BCUT2D eigenvalue weighted by molar-refractivity contribution is 0.0532. The maximum absolute atomic E-state index is 12.7. The molecule has 15 N–H and O–H groups in total. The molecule has 0 unspecified atom stereocenters. The fourth-order valence-electron chi connectivity index (χ4n) is 4.86. The fraction of sp³-hybridized carbons (Fsp3) is 0.352. The van der Waals surface area contributed by atoms with E-state index in [-0.39, 0.29) is 74.8 Å². The van der Waals surface area contributed by atoms with Crippen LogP contribution in [0.1, 0.15) is 48.5 Å². The van der Waals surface area contributed by atoms with Crippen LogP contribution in [0.4, 0.5) is 55.1 Å². The standard InChI is InChI=1S/C14H21BFN3O3.C13H18FN3O2.C9H15BrFNO2.C9H12N2O2.C6H7NO.C3H5NO.ClH/c1-3-17-14(20)19-12-4-6-13(7-5-12)22-10-11(8-16)9-18-15(2)21;1-2-16-13(18)17-11-3-5-12(6-4-11)19-9-10(7-14)8-15;1-9(2,3)14-8(13)12-6-7(4-10)5-11;1-2-10-9(13)11-7-3-5-8(12)6-4-7;7-5-1-3-6(8)4-2-5;1-2-4-3-5;/h4-8,18,21H,3,9-10H2,1-2H3,(H2,17,19,20);3-7H,2,8-9,15H2,1H3,(H2,16,17,18);5H,4,6H2,1-3H3,(H,12,13);3-6,12H,2H2,1H3,(H2,10,11,13);1-4,8H,7H2;2H2,1H3;1H/b11-8+;10-7+;7-5-;;;;. The molecule has 0 aliphatic heterocycles. The summed E-state index contributed by atoms with van der Waals surface area (Å²) in [7, 11) is -0.713. The minimum Gasteiger partial charge on any atom is -0.508 e. The first-order valence-electron chi connectivity index (χ1n) is 25.0. The summed E-state index contributed by atoms with van der Waals surface area (Å²) in [6.07, 6.45) is 2.22. The van der Waals surface area contributed by atoms with Crippen LogP contribution in [0, 0.1) is 0 Å². The highest BCUT2D eigenvalue weighted by atomic mass is 79.9. The van der Waals surface area contributed by atoms with Crippen LogP contribution in [0.5, 0.6) is 23.0 Å². The van der Waals surface area contributed by atoms with Gasteiger partial charge in [0, 0.05) is 85.0 Å². The zero-order valence-corrected chi connectivity index (χ0v) is 49.7. The number of phenolic OH excluding ortho intramolecular Hbond substituents is 2. The first kappa shape index (κ1) is 78.3. The van der Waals surface area contributed by atoms with E-state index in [0.29, 0.717) is 101 Å². The van der Waals surface area contributed by atoms with E-state index in [0.717, 1.165) is 0 Å². The van der Waals surface area contributed by atoms with Crippen molar-refractivity contribution in [3.63, 3.8) is 0 Å². The lowest BCUT2D eigenvalue weighted by Gasteiger charge is -2.19. The zero-order valence-electron chi connectivity index (χ0n) is 47.2. The summed E-state index contributed by atoms with van der Waals surface area (Å²) in [5.74, 6) is 1.56. The number of halogens is 5. The number of urea groups is 3. The Labute approximate surface area is 492 Å². The number of alkyl halides is 1. The van der Waals surface area contributed by atoms with Gasteiger partial charge in [0.05, 0.1) is 19.0 Å². The Hall–Kier alpha value is -7.94. The molecule has 4 rings (SSSR count). The molecule has 4 aromatic rings. The van der Waals surface area contributed by atoms with Crippen LogP contribution in [0.25, 0.3) is 0 Å². The highest BCUT2D eigenvalue weighted by Gasteiger charge is 2.16. The van der Waals surface area contributed by atoms with Crippen molar-refractivity contribution in [2.75, 3.05) is 86.0 Å². The quantitative estimate of drug-likeness (QED) is 0.00978. The van der Waals surface area contributed by atoms with Gasteiger partial charge in [0.25, 0.3) is 0 Å². The molecule has 0 saturated heterocycles. The second-order valence-corrected chi connectivity index (χ2v) is 17.4. The number of isocyanates is 1. The van der Waals surface area contributed by atoms with Crippen molar-refractivity contribution in [3.05, 3.63) is 133 Å². The number of hydrogen-bond donors (Lipinski definition) is 13. The molecule has 0 aliphatic rings. The number of nitrogen functional groups attached to an aromatic ring is 1. The smallest absolute Gasteiger partial charge is 0.407 e. The van der Waals surface area contributed by atoms with E-state index < -0.39 is 18.7 Å². The maximum Gasteiger partial charge on any atom is 0.407 e. The number of nitrogens with two attached hydrogens (primary N) is 2. The molecule has 22 nitrogen and oxygen atoms in total. The van der Waals surface area contributed by atoms with Crippen molar-refractivity contribution in [3.8, 4) is 23.0 Å². The number of carbonyl (C=O) groups excluding carboxylic acids is 5. The Kier molecular flexibility index (Phi) is 46.7. The van der Waals surface area contributed by atoms with Crippen LogP contribution in [0.15, 0.2) is 138 Å². The highest BCUT2D eigenvalue weighted by Crippen LogP contribution is 2.18. The normalized spacial score (nSPS) is 10.3. The van der Waals surface area contributed by atoms with Gasteiger partial charge in [0.15, 0.2) is 0 Å². The minimum absolute atomic E-state index is 0. The summed E-state index contributed by atoms with van der Waals surface area (Å²) in [4.78, 5) is 57.0. The molecule has 0 fully saturated rings. The third-order valence-corrected chi connectivity index (χ3v) is 9.43. The third-order valence-electron chi connectivity index (χ3n) is 8.71. The summed E-state index contributed by atoms with van der Waals surface area (Å²) >= 11 is 3.09. The first-order chi connectivity index (χ1) is 38.5. The van der Waals surface area contributed by atoms with Gasteiger partial charge >= 0.3 is 31.2 Å². The number of hydrogen-bond acceptors (Lipinski definition) is 15. The first-order valence-corrected chi connectivity index (χ1v) is 26.1. The molecule has 0 atom stereocenters. The Morgan fingerprint density at radius 1 is 0.646 bits per heavy atom. The molecule has 82 heavy (non-hydrogen) atoms. The van der Waals surface area contributed by atoms with Crippen molar-refractivity contribution < 1.29 is 66.6 Å². The van der Waals surface area contributed by atoms with Crippen molar-refractivity contribution in [2.45, 2.75) is 60.9 Å². The lowest BCUT2D eigenvalue weighted by Crippen LogP contribution is -2.33. The minimum atomic E-state index is -0.713. The van der Waals surface area contributed by atoms with Gasteiger partial charge in [-0.25, -0.2) is 42.1 Å². The molecule has 0 aliphatic carbocycles. The molecule has 0 radical (unpaired) electrons. The Morgan fingerprint density at radius 3 is 1.32 bits per heavy atom. The zero-order chi connectivity index (χ0) is 61.4. The molecule has 454 valence electrons. The number of anilines is 4. The largest absolute Gasteiger partial charge is 0.508 e. The summed E-state index contributed by atoms with van der Waals surface area (Å²) in [5.41, 5.74) is 13.9.